The SMILES string of the molecule is CCC1CCCCN1c1ccc(C)cc1CCN. The second-order valence-corrected chi connectivity index (χ2v) is 5.42. The second kappa shape index (κ2) is 6.24. The zero-order valence-electron chi connectivity index (χ0n) is 11.8. The predicted molar refractivity (Wildman–Crippen MR) is 79.2 cm³/mol. The quantitative estimate of drug-likeness (QED) is 0.883. The maximum atomic E-state index is 5.76. The van der Waals surface area contributed by atoms with Crippen LogP contribution in [-0.2, 0) is 6.42 Å². The molecule has 0 spiro atoms. The van der Waals surface area contributed by atoms with Crippen LogP contribution in [0.1, 0.15) is 43.7 Å². The summed E-state index contributed by atoms with van der Waals surface area (Å²) in [5, 5.41) is 0. The first-order valence-corrected chi connectivity index (χ1v) is 7.32. The summed E-state index contributed by atoms with van der Waals surface area (Å²) in [4.78, 5) is 2.62. The number of benzene rings is 1. The zero-order chi connectivity index (χ0) is 13.0. The first-order valence-electron chi connectivity index (χ1n) is 7.32. The molecule has 1 fully saturated rings. The molecular weight excluding hydrogens is 220 g/mol. The molecule has 1 saturated heterocycles. The highest BCUT2D eigenvalue weighted by atomic mass is 15.2. The Kier molecular flexibility index (Phi) is 4.65. The molecule has 1 unspecified atom stereocenters. The molecule has 0 aliphatic carbocycles. The molecule has 1 aromatic carbocycles. The Labute approximate surface area is 111 Å². The van der Waals surface area contributed by atoms with Crippen LogP contribution in [-0.4, -0.2) is 19.1 Å². The van der Waals surface area contributed by atoms with Crippen molar-refractivity contribution in [2.75, 3.05) is 18.0 Å². The first kappa shape index (κ1) is 13.4. The van der Waals surface area contributed by atoms with Gasteiger partial charge in [0.05, 0.1) is 0 Å². The van der Waals surface area contributed by atoms with E-state index >= 15 is 0 Å². The monoisotopic (exact) mass is 246 g/mol. The van der Waals surface area contributed by atoms with Gasteiger partial charge in [-0.05, 0) is 57.2 Å². The van der Waals surface area contributed by atoms with Gasteiger partial charge in [0.15, 0.2) is 0 Å². The summed E-state index contributed by atoms with van der Waals surface area (Å²) < 4.78 is 0. The summed E-state index contributed by atoms with van der Waals surface area (Å²) in [5.41, 5.74) is 9.95. The maximum Gasteiger partial charge on any atom is 0.0401 e. The van der Waals surface area contributed by atoms with E-state index in [1.165, 1.54) is 49.0 Å². The van der Waals surface area contributed by atoms with Crippen LogP contribution < -0.4 is 10.6 Å². The Bertz CT molecular complexity index is 387. The van der Waals surface area contributed by atoms with Gasteiger partial charge in [-0.25, -0.2) is 0 Å². The minimum atomic E-state index is 0.720. The van der Waals surface area contributed by atoms with Gasteiger partial charge in [0.25, 0.3) is 0 Å². The summed E-state index contributed by atoms with van der Waals surface area (Å²) in [7, 11) is 0. The highest BCUT2D eigenvalue weighted by Gasteiger charge is 2.22. The van der Waals surface area contributed by atoms with Crippen molar-refractivity contribution >= 4 is 5.69 Å². The summed E-state index contributed by atoms with van der Waals surface area (Å²) >= 11 is 0. The van der Waals surface area contributed by atoms with Crippen LogP contribution in [0.4, 0.5) is 5.69 Å². The van der Waals surface area contributed by atoms with Gasteiger partial charge in [0, 0.05) is 18.3 Å². The highest BCUT2D eigenvalue weighted by Crippen LogP contribution is 2.30. The Morgan fingerprint density at radius 1 is 1.33 bits per heavy atom. The van der Waals surface area contributed by atoms with Crippen molar-refractivity contribution in [3.8, 4) is 0 Å². The highest BCUT2D eigenvalue weighted by molar-refractivity contribution is 5.56. The number of hydrogen-bond donors (Lipinski definition) is 1. The second-order valence-electron chi connectivity index (χ2n) is 5.42. The summed E-state index contributed by atoms with van der Waals surface area (Å²) in [6.45, 7) is 6.41. The molecule has 0 aromatic heterocycles. The van der Waals surface area contributed by atoms with Gasteiger partial charge >= 0.3 is 0 Å². The van der Waals surface area contributed by atoms with E-state index in [4.69, 9.17) is 5.73 Å². The number of nitrogens with two attached hydrogens (primary N) is 1. The molecule has 0 amide bonds. The van der Waals surface area contributed by atoms with Crippen molar-refractivity contribution in [1.29, 1.82) is 0 Å². The fraction of sp³-hybridized carbons (Fsp3) is 0.625. The molecule has 1 heterocycles. The Balaban J connectivity index is 2.29. The lowest BCUT2D eigenvalue weighted by Gasteiger charge is -2.38. The maximum absolute atomic E-state index is 5.76. The van der Waals surface area contributed by atoms with Gasteiger partial charge in [-0.1, -0.05) is 24.6 Å². The van der Waals surface area contributed by atoms with Crippen LogP contribution >= 0.6 is 0 Å². The molecule has 2 N–H and O–H groups in total. The van der Waals surface area contributed by atoms with E-state index in [1.54, 1.807) is 0 Å². The number of rotatable bonds is 4. The molecule has 2 heteroatoms. The molecule has 1 atom stereocenters. The number of aryl methyl sites for hydroxylation is 1. The van der Waals surface area contributed by atoms with Crippen LogP contribution in [0, 0.1) is 6.92 Å². The Morgan fingerprint density at radius 2 is 2.17 bits per heavy atom. The van der Waals surface area contributed by atoms with Crippen LogP contribution in [0.25, 0.3) is 0 Å². The van der Waals surface area contributed by atoms with E-state index in [-0.39, 0.29) is 0 Å². The molecule has 2 rings (SSSR count). The number of nitrogens with zero attached hydrogens (tertiary/aromatic N) is 1. The first-order chi connectivity index (χ1) is 8.76. The third kappa shape index (κ3) is 2.86. The summed E-state index contributed by atoms with van der Waals surface area (Å²) in [6, 6.07) is 7.56. The zero-order valence-corrected chi connectivity index (χ0v) is 11.8. The van der Waals surface area contributed by atoms with Crippen molar-refractivity contribution in [1.82, 2.24) is 0 Å². The summed E-state index contributed by atoms with van der Waals surface area (Å²) in [6.07, 6.45) is 6.28. The Hall–Kier alpha value is -1.02. The van der Waals surface area contributed by atoms with Crippen molar-refractivity contribution < 1.29 is 0 Å². The van der Waals surface area contributed by atoms with Crippen molar-refractivity contribution in [3.63, 3.8) is 0 Å². The van der Waals surface area contributed by atoms with Gasteiger partial charge in [-0.2, -0.15) is 0 Å². The third-order valence-corrected chi connectivity index (χ3v) is 4.06. The largest absolute Gasteiger partial charge is 0.368 e. The van der Waals surface area contributed by atoms with Crippen LogP contribution in [0.2, 0.25) is 0 Å². The van der Waals surface area contributed by atoms with Crippen LogP contribution in [0.15, 0.2) is 18.2 Å². The Morgan fingerprint density at radius 3 is 2.89 bits per heavy atom. The van der Waals surface area contributed by atoms with Crippen molar-refractivity contribution in [2.24, 2.45) is 5.73 Å². The van der Waals surface area contributed by atoms with Crippen LogP contribution in [0.5, 0.6) is 0 Å². The van der Waals surface area contributed by atoms with E-state index in [2.05, 4.69) is 36.9 Å². The minimum absolute atomic E-state index is 0.720. The molecule has 0 radical (unpaired) electrons. The predicted octanol–water partition coefficient (Wildman–Crippen LogP) is 3.27. The van der Waals surface area contributed by atoms with Gasteiger partial charge in [0.1, 0.15) is 0 Å². The topological polar surface area (TPSA) is 29.3 Å². The van der Waals surface area contributed by atoms with E-state index in [0.29, 0.717) is 0 Å². The molecule has 0 saturated carbocycles. The molecule has 18 heavy (non-hydrogen) atoms. The number of anilines is 1. The lowest BCUT2D eigenvalue weighted by atomic mass is 9.96. The average molecular weight is 246 g/mol. The normalized spacial score (nSPS) is 20.2. The third-order valence-electron chi connectivity index (χ3n) is 4.06. The van der Waals surface area contributed by atoms with E-state index < -0.39 is 0 Å². The molecule has 1 aliphatic heterocycles. The molecule has 2 nitrogen and oxygen atoms in total. The fourth-order valence-electron chi connectivity index (χ4n) is 3.09. The fourth-order valence-corrected chi connectivity index (χ4v) is 3.09. The lowest BCUT2D eigenvalue weighted by Crippen LogP contribution is -2.39. The molecular formula is C16H26N2. The minimum Gasteiger partial charge on any atom is -0.368 e. The smallest absolute Gasteiger partial charge is 0.0401 e. The van der Waals surface area contributed by atoms with Gasteiger partial charge in [-0.15, -0.1) is 0 Å². The van der Waals surface area contributed by atoms with Crippen LogP contribution in [0.3, 0.4) is 0 Å². The molecule has 0 bridgehead atoms. The molecule has 1 aliphatic rings. The van der Waals surface area contributed by atoms with Gasteiger partial charge < -0.3 is 10.6 Å². The number of hydrogen-bond acceptors (Lipinski definition) is 2. The van der Waals surface area contributed by atoms with Crippen molar-refractivity contribution in [2.45, 2.75) is 52.0 Å². The molecule has 100 valence electrons. The average Bonchev–Trinajstić information content (AvgIpc) is 2.39. The van der Waals surface area contributed by atoms with Gasteiger partial charge in [-0.3, -0.25) is 0 Å². The van der Waals surface area contributed by atoms with E-state index in [1.807, 2.05) is 0 Å². The van der Waals surface area contributed by atoms with E-state index in [0.717, 1.165) is 19.0 Å². The number of piperidine rings is 1. The summed E-state index contributed by atoms with van der Waals surface area (Å²) in [5.74, 6) is 0. The lowest BCUT2D eigenvalue weighted by molar-refractivity contribution is 0.449. The van der Waals surface area contributed by atoms with E-state index in [9.17, 15) is 0 Å². The van der Waals surface area contributed by atoms with Gasteiger partial charge in [0.2, 0.25) is 0 Å². The molecule has 1 aromatic rings. The standard InChI is InChI=1S/C16H26N2/c1-3-15-6-4-5-11-18(15)16-8-7-13(2)12-14(16)9-10-17/h7-8,12,15H,3-6,9-11,17H2,1-2H3. The van der Waals surface area contributed by atoms with Crippen molar-refractivity contribution in [3.05, 3.63) is 29.3 Å².